The Labute approximate surface area is 207 Å². The molecular weight excluding hydrogens is 461 g/mol. The molecule has 0 aliphatic carbocycles. The largest absolute Gasteiger partial charge is 0.423 e. The number of nitrogens with zero attached hydrogens (tertiary/aromatic N) is 2. The van der Waals surface area contributed by atoms with Crippen LogP contribution in [0, 0.1) is 10.1 Å². The fourth-order valence-corrected chi connectivity index (χ4v) is 3.90. The topological polar surface area (TPSA) is 87.5 Å². The van der Waals surface area contributed by atoms with Crippen molar-refractivity contribution in [1.29, 1.82) is 0 Å². The average Bonchev–Trinajstić information content (AvgIpc) is 2.81. The predicted molar refractivity (Wildman–Crippen MR) is 134 cm³/mol. The van der Waals surface area contributed by atoms with Gasteiger partial charge in [0.1, 0.15) is 5.56 Å². The SMILES string of the molecule is CCN(CC)CCNCCCCCCCCCCCC(=O)Nc1ccc([N+](=O)[O-])c(C(F)(F)F)c1. The summed E-state index contributed by atoms with van der Waals surface area (Å²) in [6.07, 6.45) is 5.06. The van der Waals surface area contributed by atoms with E-state index in [9.17, 15) is 28.1 Å². The van der Waals surface area contributed by atoms with Gasteiger partial charge in [-0.3, -0.25) is 14.9 Å². The lowest BCUT2D eigenvalue weighted by molar-refractivity contribution is -0.388. The third kappa shape index (κ3) is 13.5. The van der Waals surface area contributed by atoms with E-state index in [1.54, 1.807) is 0 Å². The third-order valence-corrected chi connectivity index (χ3v) is 6.04. The van der Waals surface area contributed by atoms with Gasteiger partial charge in [-0.1, -0.05) is 58.8 Å². The lowest BCUT2D eigenvalue weighted by atomic mass is 10.1. The zero-order valence-electron chi connectivity index (χ0n) is 21.1. The van der Waals surface area contributed by atoms with Gasteiger partial charge in [-0.2, -0.15) is 13.2 Å². The molecule has 1 amide bonds. The maximum atomic E-state index is 13.0. The number of anilines is 1. The van der Waals surface area contributed by atoms with E-state index in [2.05, 4.69) is 29.4 Å². The minimum Gasteiger partial charge on any atom is -0.326 e. The molecule has 0 atom stereocenters. The van der Waals surface area contributed by atoms with Gasteiger partial charge in [0, 0.05) is 31.3 Å². The molecule has 0 saturated carbocycles. The van der Waals surface area contributed by atoms with E-state index in [0.29, 0.717) is 12.5 Å². The van der Waals surface area contributed by atoms with Crippen LogP contribution in [0.1, 0.15) is 83.6 Å². The molecule has 0 aliphatic rings. The number of halogens is 3. The Balaban J connectivity index is 2.07. The van der Waals surface area contributed by atoms with Crippen LogP contribution >= 0.6 is 0 Å². The Bertz CT molecular complexity index is 756. The standard InChI is InChI=1S/C25H41F3N4O3/c1-3-31(4-2)19-18-29-17-13-11-9-7-5-6-8-10-12-14-24(33)30-21-15-16-23(32(34)35)22(20-21)25(26,27)28/h15-16,20,29H,3-14,17-19H2,1-2H3,(H,30,33). The molecule has 7 nitrogen and oxygen atoms in total. The summed E-state index contributed by atoms with van der Waals surface area (Å²) in [7, 11) is 0. The molecule has 0 fully saturated rings. The number of nitrogens with one attached hydrogen (secondary N) is 2. The van der Waals surface area contributed by atoms with E-state index in [-0.39, 0.29) is 12.1 Å². The highest BCUT2D eigenvalue weighted by molar-refractivity contribution is 5.91. The molecule has 0 radical (unpaired) electrons. The van der Waals surface area contributed by atoms with Crippen molar-refractivity contribution in [3.63, 3.8) is 0 Å². The predicted octanol–water partition coefficient (Wildman–Crippen LogP) is 6.38. The number of carbonyl (C=O) groups is 1. The Morgan fingerprint density at radius 3 is 2.06 bits per heavy atom. The number of carbonyl (C=O) groups excluding carboxylic acids is 1. The molecule has 1 aromatic rings. The first-order chi connectivity index (χ1) is 16.7. The highest BCUT2D eigenvalue weighted by atomic mass is 19.4. The summed E-state index contributed by atoms with van der Waals surface area (Å²) in [6, 6.07) is 2.49. The fourth-order valence-electron chi connectivity index (χ4n) is 3.90. The number of amides is 1. The van der Waals surface area contributed by atoms with E-state index in [0.717, 1.165) is 64.1 Å². The summed E-state index contributed by atoms with van der Waals surface area (Å²) in [6.45, 7) is 9.78. The fraction of sp³-hybridized carbons (Fsp3) is 0.720. The monoisotopic (exact) mass is 502 g/mol. The summed E-state index contributed by atoms with van der Waals surface area (Å²) in [4.78, 5) is 24.2. The number of nitro benzene ring substituents is 1. The second kappa shape index (κ2) is 17.3. The van der Waals surface area contributed by atoms with E-state index in [4.69, 9.17) is 0 Å². The van der Waals surface area contributed by atoms with Crippen LogP contribution in [0.2, 0.25) is 0 Å². The van der Waals surface area contributed by atoms with E-state index < -0.39 is 28.3 Å². The Kier molecular flexibility index (Phi) is 15.2. The van der Waals surface area contributed by atoms with Crippen LogP contribution in [0.15, 0.2) is 18.2 Å². The van der Waals surface area contributed by atoms with Crippen molar-refractivity contribution >= 4 is 17.3 Å². The van der Waals surface area contributed by atoms with E-state index in [1.165, 1.54) is 32.1 Å². The van der Waals surface area contributed by atoms with Gasteiger partial charge in [0.15, 0.2) is 0 Å². The van der Waals surface area contributed by atoms with Crippen molar-refractivity contribution in [2.45, 2.75) is 84.2 Å². The van der Waals surface area contributed by atoms with Crippen LogP contribution in [-0.4, -0.2) is 48.5 Å². The van der Waals surface area contributed by atoms with Crippen LogP contribution in [0.25, 0.3) is 0 Å². The first-order valence-corrected chi connectivity index (χ1v) is 12.8. The summed E-state index contributed by atoms with van der Waals surface area (Å²) < 4.78 is 39.1. The van der Waals surface area contributed by atoms with Gasteiger partial charge < -0.3 is 15.5 Å². The number of likely N-dealkylation sites (N-methyl/N-ethyl adjacent to an activating group) is 1. The zero-order valence-corrected chi connectivity index (χ0v) is 21.1. The first kappa shape index (κ1) is 30.8. The smallest absolute Gasteiger partial charge is 0.326 e. The molecule has 200 valence electrons. The number of benzene rings is 1. The number of nitro groups is 1. The van der Waals surface area contributed by atoms with Gasteiger partial charge in [0.25, 0.3) is 5.69 Å². The lowest BCUT2D eigenvalue weighted by Crippen LogP contribution is -2.32. The Morgan fingerprint density at radius 1 is 0.943 bits per heavy atom. The molecule has 0 saturated heterocycles. The molecule has 0 spiro atoms. The highest BCUT2D eigenvalue weighted by Gasteiger charge is 2.38. The first-order valence-electron chi connectivity index (χ1n) is 12.8. The van der Waals surface area contributed by atoms with Crippen molar-refractivity contribution in [1.82, 2.24) is 10.2 Å². The van der Waals surface area contributed by atoms with Crippen molar-refractivity contribution in [3.05, 3.63) is 33.9 Å². The second-order valence-electron chi connectivity index (χ2n) is 8.74. The van der Waals surface area contributed by atoms with E-state index >= 15 is 0 Å². The average molecular weight is 503 g/mol. The Morgan fingerprint density at radius 2 is 1.51 bits per heavy atom. The molecular formula is C25H41F3N4O3. The van der Waals surface area contributed by atoms with Gasteiger partial charge in [-0.05, 0) is 44.6 Å². The maximum absolute atomic E-state index is 13.0. The maximum Gasteiger partial charge on any atom is 0.423 e. The van der Waals surface area contributed by atoms with Crippen molar-refractivity contribution in [2.24, 2.45) is 0 Å². The second-order valence-corrected chi connectivity index (χ2v) is 8.74. The summed E-state index contributed by atoms with van der Waals surface area (Å²) in [5.74, 6) is -0.391. The molecule has 0 heterocycles. The molecule has 1 aromatic carbocycles. The van der Waals surface area contributed by atoms with Crippen LogP contribution in [-0.2, 0) is 11.0 Å². The summed E-state index contributed by atoms with van der Waals surface area (Å²) >= 11 is 0. The number of alkyl halides is 3. The van der Waals surface area contributed by atoms with Crippen molar-refractivity contribution in [3.8, 4) is 0 Å². The molecule has 35 heavy (non-hydrogen) atoms. The molecule has 0 aromatic heterocycles. The van der Waals surface area contributed by atoms with Crippen LogP contribution in [0.5, 0.6) is 0 Å². The highest BCUT2D eigenvalue weighted by Crippen LogP contribution is 2.37. The minimum absolute atomic E-state index is 0.0907. The van der Waals surface area contributed by atoms with Crippen LogP contribution in [0.3, 0.4) is 0 Å². The van der Waals surface area contributed by atoms with E-state index in [1.807, 2.05) is 0 Å². The van der Waals surface area contributed by atoms with Gasteiger partial charge in [0.05, 0.1) is 4.92 Å². The Hall–Kier alpha value is -2.20. The molecule has 0 unspecified atom stereocenters. The molecule has 2 N–H and O–H groups in total. The quantitative estimate of drug-likeness (QED) is 0.130. The van der Waals surface area contributed by atoms with Crippen molar-refractivity contribution in [2.75, 3.05) is 38.0 Å². The van der Waals surface area contributed by atoms with Crippen LogP contribution < -0.4 is 10.6 Å². The van der Waals surface area contributed by atoms with Crippen molar-refractivity contribution < 1.29 is 22.9 Å². The number of hydrogen-bond donors (Lipinski definition) is 2. The molecule has 0 aliphatic heterocycles. The van der Waals surface area contributed by atoms with Gasteiger partial charge in [-0.15, -0.1) is 0 Å². The molecule has 0 bridgehead atoms. The minimum atomic E-state index is -4.87. The summed E-state index contributed by atoms with van der Waals surface area (Å²) in [5.41, 5.74) is -2.49. The normalized spacial score (nSPS) is 11.7. The van der Waals surface area contributed by atoms with Gasteiger partial charge >= 0.3 is 6.18 Å². The van der Waals surface area contributed by atoms with Gasteiger partial charge in [-0.25, -0.2) is 0 Å². The van der Waals surface area contributed by atoms with Gasteiger partial charge in [0.2, 0.25) is 5.91 Å². The number of hydrogen-bond acceptors (Lipinski definition) is 5. The summed E-state index contributed by atoms with van der Waals surface area (Å²) in [5, 5.41) is 16.7. The third-order valence-electron chi connectivity index (χ3n) is 6.04. The lowest BCUT2D eigenvalue weighted by Gasteiger charge is -2.17. The molecule has 1 rings (SSSR count). The molecule has 10 heteroatoms. The van der Waals surface area contributed by atoms with Crippen LogP contribution in [0.4, 0.5) is 24.5 Å². The number of rotatable bonds is 19. The number of unbranched alkanes of at least 4 members (excludes halogenated alkanes) is 8. The zero-order chi connectivity index (χ0) is 26.1.